The van der Waals surface area contributed by atoms with Gasteiger partial charge in [0.25, 0.3) is 5.95 Å². The van der Waals surface area contributed by atoms with Crippen LogP contribution >= 0.6 is 11.6 Å². The van der Waals surface area contributed by atoms with Crippen molar-refractivity contribution in [2.75, 3.05) is 10.6 Å². The van der Waals surface area contributed by atoms with Gasteiger partial charge in [0.15, 0.2) is 0 Å². The van der Waals surface area contributed by atoms with Gasteiger partial charge in [0.05, 0.1) is 0 Å². The normalized spacial score (nSPS) is 15.4. The Kier molecular flexibility index (Phi) is 5.12. The monoisotopic (exact) mass is 393 g/mol. The Bertz CT molecular complexity index is 1030. The third kappa shape index (κ3) is 3.64. The lowest BCUT2D eigenvalue weighted by atomic mass is 10.0. The highest BCUT2D eigenvalue weighted by atomic mass is 35.5. The van der Waals surface area contributed by atoms with E-state index >= 15 is 0 Å². The van der Waals surface area contributed by atoms with Gasteiger partial charge in [-0.15, -0.1) is 5.10 Å². The summed E-state index contributed by atoms with van der Waals surface area (Å²) in [5, 5.41) is 11.2. The predicted octanol–water partition coefficient (Wildman–Crippen LogP) is 4.73. The van der Waals surface area contributed by atoms with Crippen LogP contribution in [0.2, 0.25) is 5.02 Å². The molecular weight excluding hydrogens is 374 g/mol. The molecule has 1 aromatic heterocycles. The van der Waals surface area contributed by atoms with E-state index in [4.69, 9.17) is 11.6 Å². The number of amides is 1. The summed E-state index contributed by atoms with van der Waals surface area (Å²) in [4.78, 5) is 16.4. The fraction of sp³-hybridized carbons (Fsp3) is 0.190. The minimum Gasteiger partial charge on any atom is -0.324 e. The van der Waals surface area contributed by atoms with Crippen LogP contribution in [0.25, 0.3) is 5.70 Å². The summed E-state index contributed by atoms with van der Waals surface area (Å²) in [5.41, 5.74) is 2.86. The summed E-state index contributed by atoms with van der Waals surface area (Å²) in [6.45, 7) is 1.95. The van der Waals surface area contributed by atoms with Crippen LogP contribution in [0.3, 0.4) is 0 Å². The molecule has 28 heavy (non-hydrogen) atoms. The summed E-state index contributed by atoms with van der Waals surface area (Å²) in [5.74, 6) is 0.731. The number of carbonyl (C=O) groups excluding carboxylic acids is 1. The molecule has 3 aromatic rings. The number of hydrogen-bond donors (Lipinski definition) is 2. The molecule has 6 nitrogen and oxygen atoms in total. The first-order valence-electron chi connectivity index (χ1n) is 9.21. The molecule has 0 radical (unpaired) electrons. The van der Waals surface area contributed by atoms with Crippen LogP contribution in [0.15, 0.2) is 60.7 Å². The molecule has 1 aliphatic heterocycles. The Morgan fingerprint density at radius 3 is 2.68 bits per heavy atom. The molecule has 0 saturated heterocycles. The Labute approximate surface area is 168 Å². The highest BCUT2D eigenvalue weighted by Gasteiger charge is 2.26. The van der Waals surface area contributed by atoms with Gasteiger partial charge in [0.1, 0.15) is 6.04 Å². The van der Waals surface area contributed by atoms with E-state index in [2.05, 4.69) is 26.8 Å². The molecule has 2 aromatic carbocycles. The van der Waals surface area contributed by atoms with Crippen LogP contribution in [0.4, 0.5) is 11.9 Å². The average Bonchev–Trinajstić information content (AvgIpc) is 3.11. The third-order valence-corrected chi connectivity index (χ3v) is 4.85. The molecule has 4 rings (SSSR count). The summed E-state index contributed by atoms with van der Waals surface area (Å²) >= 11 is 6.47. The lowest BCUT2D eigenvalue weighted by molar-refractivity contribution is -0.116. The van der Waals surface area contributed by atoms with Crippen molar-refractivity contribution in [3.05, 3.63) is 76.8 Å². The van der Waals surface area contributed by atoms with Crippen molar-refractivity contribution in [1.82, 2.24) is 14.8 Å². The van der Waals surface area contributed by atoms with E-state index in [1.54, 1.807) is 4.68 Å². The second-order valence-corrected chi connectivity index (χ2v) is 6.95. The van der Waals surface area contributed by atoms with Crippen LogP contribution in [0, 0.1) is 0 Å². The SMILES string of the molecule is CCCC(=O)Nc1nc2n(n1)[C@@H](c1ccccc1Cl)C=C(c1ccccc1)N2. The van der Waals surface area contributed by atoms with Gasteiger partial charge in [-0.3, -0.25) is 10.1 Å². The molecule has 1 amide bonds. The summed E-state index contributed by atoms with van der Waals surface area (Å²) in [6, 6.07) is 17.4. The van der Waals surface area contributed by atoms with E-state index in [9.17, 15) is 4.79 Å². The van der Waals surface area contributed by atoms with Crippen molar-refractivity contribution in [2.45, 2.75) is 25.8 Å². The standard InChI is InChI=1S/C21H20ClN5O/c1-2-8-19(28)24-20-25-21-23-17(14-9-4-3-5-10-14)13-18(27(21)26-20)15-11-6-7-12-16(15)22/h3-7,9-13,18H,2,8H2,1H3,(H2,23,24,25,26,28)/t18-/m1/s1. The fourth-order valence-corrected chi connectivity index (χ4v) is 3.43. The van der Waals surface area contributed by atoms with E-state index in [1.807, 2.05) is 61.5 Å². The Balaban J connectivity index is 1.76. The molecule has 0 unspecified atom stereocenters. The Hall–Kier alpha value is -3.12. The summed E-state index contributed by atoms with van der Waals surface area (Å²) in [6.07, 6.45) is 3.26. The van der Waals surface area contributed by atoms with Crippen molar-refractivity contribution in [2.24, 2.45) is 0 Å². The molecule has 0 fully saturated rings. The van der Waals surface area contributed by atoms with Crippen LogP contribution < -0.4 is 10.6 Å². The second kappa shape index (κ2) is 7.86. The number of nitrogens with one attached hydrogen (secondary N) is 2. The molecule has 2 N–H and O–H groups in total. The number of anilines is 2. The zero-order chi connectivity index (χ0) is 19.5. The molecular formula is C21H20ClN5O. The Morgan fingerprint density at radius 1 is 1.18 bits per heavy atom. The van der Waals surface area contributed by atoms with E-state index in [0.29, 0.717) is 17.4 Å². The Morgan fingerprint density at radius 2 is 1.93 bits per heavy atom. The van der Waals surface area contributed by atoms with Crippen LogP contribution in [-0.4, -0.2) is 20.7 Å². The summed E-state index contributed by atoms with van der Waals surface area (Å²) in [7, 11) is 0. The number of nitrogens with zero attached hydrogens (tertiary/aromatic N) is 3. The molecule has 0 aliphatic carbocycles. The van der Waals surface area contributed by atoms with Gasteiger partial charge in [-0.25, -0.2) is 4.68 Å². The molecule has 2 heterocycles. The maximum Gasteiger partial charge on any atom is 0.250 e. The van der Waals surface area contributed by atoms with Crippen LogP contribution in [-0.2, 0) is 4.79 Å². The molecule has 0 bridgehead atoms. The van der Waals surface area contributed by atoms with Crippen molar-refractivity contribution < 1.29 is 4.79 Å². The molecule has 0 spiro atoms. The number of allylic oxidation sites excluding steroid dienone is 1. The van der Waals surface area contributed by atoms with E-state index < -0.39 is 0 Å². The van der Waals surface area contributed by atoms with Crippen LogP contribution in [0.1, 0.15) is 36.9 Å². The first-order chi connectivity index (χ1) is 13.7. The van der Waals surface area contributed by atoms with Gasteiger partial charge < -0.3 is 5.32 Å². The smallest absolute Gasteiger partial charge is 0.250 e. The minimum atomic E-state index is -0.246. The number of benzene rings is 2. The topological polar surface area (TPSA) is 71.8 Å². The quantitative estimate of drug-likeness (QED) is 0.657. The van der Waals surface area contributed by atoms with Crippen molar-refractivity contribution >= 4 is 35.1 Å². The fourth-order valence-electron chi connectivity index (χ4n) is 3.18. The summed E-state index contributed by atoms with van der Waals surface area (Å²) < 4.78 is 1.75. The van der Waals surface area contributed by atoms with E-state index in [1.165, 1.54) is 0 Å². The number of aromatic nitrogens is 3. The molecule has 0 saturated carbocycles. The van der Waals surface area contributed by atoms with Crippen molar-refractivity contribution in [1.29, 1.82) is 0 Å². The maximum atomic E-state index is 12.0. The van der Waals surface area contributed by atoms with Gasteiger partial charge in [-0.2, -0.15) is 4.98 Å². The first kappa shape index (κ1) is 18.3. The van der Waals surface area contributed by atoms with Gasteiger partial charge in [-0.05, 0) is 29.7 Å². The third-order valence-electron chi connectivity index (χ3n) is 4.50. The maximum absolute atomic E-state index is 12.0. The van der Waals surface area contributed by atoms with E-state index in [-0.39, 0.29) is 17.9 Å². The minimum absolute atomic E-state index is 0.101. The van der Waals surface area contributed by atoms with Gasteiger partial charge >= 0.3 is 0 Å². The zero-order valence-electron chi connectivity index (χ0n) is 15.4. The first-order valence-corrected chi connectivity index (χ1v) is 9.58. The number of carbonyl (C=O) groups is 1. The number of rotatable bonds is 5. The average molecular weight is 394 g/mol. The van der Waals surface area contributed by atoms with Gasteiger partial charge in [0, 0.05) is 17.1 Å². The molecule has 1 aliphatic rings. The lowest BCUT2D eigenvalue weighted by Gasteiger charge is -2.24. The number of hydrogen-bond acceptors (Lipinski definition) is 4. The number of fused-ring (bicyclic) bond motifs is 1. The highest BCUT2D eigenvalue weighted by Crippen LogP contribution is 2.35. The van der Waals surface area contributed by atoms with Crippen molar-refractivity contribution in [3.8, 4) is 0 Å². The van der Waals surface area contributed by atoms with Gasteiger partial charge in [0.2, 0.25) is 11.9 Å². The zero-order valence-corrected chi connectivity index (χ0v) is 16.1. The van der Waals surface area contributed by atoms with Crippen LogP contribution in [0.5, 0.6) is 0 Å². The van der Waals surface area contributed by atoms with Crippen molar-refractivity contribution in [3.63, 3.8) is 0 Å². The highest BCUT2D eigenvalue weighted by molar-refractivity contribution is 6.31. The molecule has 7 heteroatoms. The largest absolute Gasteiger partial charge is 0.324 e. The molecule has 142 valence electrons. The lowest BCUT2D eigenvalue weighted by Crippen LogP contribution is -2.20. The number of halogens is 1. The predicted molar refractivity (Wildman–Crippen MR) is 111 cm³/mol. The van der Waals surface area contributed by atoms with E-state index in [0.717, 1.165) is 23.2 Å². The van der Waals surface area contributed by atoms with Gasteiger partial charge in [-0.1, -0.05) is 67.1 Å². The molecule has 1 atom stereocenters. The second-order valence-electron chi connectivity index (χ2n) is 6.54.